The van der Waals surface area contributed by atoms with Gasteiger partial charge in [0.15, 0.2) is 6.61 Å². The molecule has 1 atom stereocenters. The zero-order valence-corrected chi connectivity index (χ0v) is 17.9. The van der Waals surface area contributed by atoms with Crippen LogP contribution >= 0.6 is 0 Å². The molecule has 0 saturated carbocycles. The molecule has 0 amide bonds. The number of fused-ring (bicyclic) bond motifs is 1. The number of nitrogens with zero attached hydrogens (tertiary/aromatic N) is 1. The number of carbonyl (C=O) groups is 1. The van der Waals surface area contributed by atoms with Gasteiger partial charge in [-0.3, -0.25) is 0 Å². The Balaban J connectivity index is 1.51. The molecule has 0 bridgehead atoms. The first-order chi connectivity index (χ1) is 16.0. The molecule has 4 rings (SSSR count). The average Bonchev–Trinajstić information content (AvgIpc) is 2.82. The van der Waals surface area contributed by atoms with E-state index in [9.17, 15) is 14.4 Å². The van der Waals surface area contributed by atoms with Gasteiger partial charge in [-0.15, -0.1) is 0 Å². The second-order valence-corrected chi connectivity index (χ2v) is 7.44. The number of carbonyl (C=O) groups excluding carboxylic acids is 1. The van der Waals surface area contributed by atoms with Crippen LogP contribution in [0.1, 0.15) is 29.5 Å². The summed E-state index contributed by atoms with van der Waals surface area (Å²) in [6, 6.07) is 20.2. The second-order valence-electron chi connectivity index (χ2n) is 7.44. The van der Waals surface area contributed by atoms with E-state index in [-0.39, 0.29) is 29.6 Å². The predicted octanol–water partition coefficient (Wildman–Crippen LogP) is 4.59. The van der Waals surface area contributed by atoms with Gasteiger partial charge in [-0.25, -0.2) is 9.18 Å². The topological polar surface area (TPSA) is 94.6 Å². The molecule has 3 aromatic rings. The first-order valence-electron chi connectivity index (χ1n) is 10.4. The van der Waals surface area contributed by atoms with Crippen molar-refractivity contribution in [3.63, 3.8) is 0 Å². The minimum absolute atomic E-state index is 0.0540. The standard InChI is InChI=1S/C26H21FN2O4/c1-2-16-3-9-19(10-4-16)31-15-24(30)32-20-11-12-21-23(13-20)33-26(29)22(14-28)25(21)17-5-7-18(27)8-6-17/h3-13,25H,2,15,29H2,1H3. The lowest BCUT2D eigenvalue weighted by atomic mass is 9.83. The largest absolute Gasteiger partial charge is 0.482 e. The minimum Gasteiger partial charge on any atom is -0.482 e. The Bertz CT molecular complexity index is 1240. The normalized spacial score (nSPS) is 14.6. The smallest absolute Gasteiger partial charge is 0.349 e. The number of nitriles is 1. The van der Waals surface area contributed by atoms with Crippen LogP contribution in [0.25, 0.3) is 0 Å². The summed E-state index contributed by atoms with van der Waals surface area (Å²) in [6.07, 6.45) is 0.917. The van der Waals surface area contributed by atoms with Gasteiger partial charge in [-0.1, -0.05) is 37.3 Å². The highest BCUT2D eigenvalue weighted by Gasteiger charge is 2.31. The summed E-state index contributed by atoms with van der Waals surface area (Å²) >= 11 is 0. The minimum atomic E-state index is -0.582. The van der Waals surface area contributed by atoms with Gasteiger partial charge in [0.1, 0.15) is 34.7 Å². The van der Waals surface area contributed by atoms with Crippen LogP contribution in [0.15, 0.2) is 78.2 Å². The Morgan fingerprint density at radius 1 is 1.09 bits per heavy atom. The van der Waals surface area contributed by atoms with Crippen molar-refractivity contribution in [3.8, 4) is 23.3 Å². The van der Waals surface area contributed by atoms with Crippen molar-refractivity contribution in [2.75, 3.05) is 6.61 Å². The fraction of sp³-hybridized carbons (Fsp3) is 0.154. The van der Waals surface area contributed by atoms with Crippen LogP contribution in [-0.4, -0.2) is 12.6 Å². The quantitative estimate of drug-likeness (QED) is 0.441. The lowest BCUT2D eigenvalue weighted by Gasteiger charge is -2.26. The number of nitrogens with two attached hydrogens (primary N) is 1. The Morgan fingerprint density at radius 2 is 1.79 bits per heavy atom. The van der Waals surface area contributed by atoms with Crippen molar-refractivity contribution in [2.45, 2.75) is 19.3 Å². The summed E-state index contributed by atoms with van der Waals surface area (Å²) in [5.74, 6) is -0.381. The van der Waals surface area contributed by atoms with Crippen LogP contribution in [0, 0.1) is 17.1 Å². The van der Waals surface area contributed by atoms with E-state index < -0.39 is 11.9 Å². The number of halogens is 1. The lowest BCUT2D eigenvalue weighted by Crippen LogP contribution is -2.21. The molecule has 33 heavy (non-hydrogen) atoms. The van der Waals surface area contributed by atoms with E-state index in [4.69, 9.17) is 19.9 Å². The van der Waals surface area contributed by atoms with E-state index in [0.717, 1.165) is 6.42 Å². The maximum absolute atomic E-state index is 13.4. The van der Waals surface area contributed by atoms with E-state index in [0.29, 0.717) is 22.6 Å². The number of allylic oxidation sites excluding steroid dienone is 1. The van der Waals surface area contributed by atoms with Crippen molar-refractivity contribution in [1.82, 2.24) is 0 Å². The molecule has 1 unspecified atom stereocenters. The van der Waals surface area contributed by atoms with Gasteiger partial charge in [-0.2, -0.15) is 5.26 Å². The van der Waals surface area contributed by atoms with E-state index in [1.54, 1.807) is 36.4 Å². The third-order valence-corrected chi connectivity index (χ3v) is 5.31. The van der Waals surface area contributed by atoms with E-state index in [1.807, 2.05) is 12.1 Å². The van der Waals surface area contributed by atoms with Crippen LogP contribution < -0.4 is 19.9 Å². The second kappa shape index (κ2) is 9.45. The number of esters is 1. The molecule has 0 spiro atoms. The first-order valence-corrected chi connectivity index (χ1v) is 10.4. The Kier molecular flexibility index (Phi) is 6.27. The molecule has 1 aliphatic heterocycles. The molecular weight excluding hydrogens is 423 g/mol. The van der Waals surface area contributed by atoms with Gasteiger partial charge in [0.25, 0.3) is 0 Å². The molecule has 2 N–H and O–H groups in total. The Labute approximate surface area is 190 Å². The molecule has 1 heterocycles. The van der Waals surface area contributed by atoms with Gasteiger partial charge in [-0.05, 0) is 47.9 Å². The zero-order valence-electron chi connectivity index (χ0n) is 17.9. The first kappa shape index (κ1) is 21.9. The number of benzene rings is 3. The van der Waals surface area contributed by atoms with Crippen LogP contribution in [0.5, 0.6) is 17.2 Å². The van der Waals surface area contributed by atoms with Crippen molar-refractivity contribution in [3.05, 3.63) is 101 Å². The third-order valence-electron chi connectivity index (χ3n) is 5.31. The molecular formula is C26H21FN2O4. The Morgan fingerprint density at radius 3 is 2.45 bits per heavy atom. The number of ether oxygens (including phenoxy) is 3. The van der Waals surface area contributed by atoms with Gasteiger partial charge < -0.3 is 19.9 Å². The summed E-state index contributed by atoms with van der Waals surface area (Å²) in [5, 5.41) is 9.60. The third kappa shape index (κ3) is 4.80. The van der Waals surface area contributed by atoms with E-state index in [2.05, 4.69) is 13.0 Å². The van der Waals surface area contributed by atoms with E-state index in [1.165, 1.54) is 23.8 Å². The molecule has 6 nitrogen and oxygen atoms in total. The SMILES string of the molecule is CCc1ccc(OCC(=O)Oc2ccc3c(c2)OC(N)=C(C#N)C3c2ccc(F)cc2)cc1. The highest BCUT2D eigenvalue weighted by molar-refractivity contribution is 5.74. The van der Waals surface area contributed by atoms with Crippen molar-refractivity contribution in [1.29, 1.82) is 5.26 Å². The number of hydrogen-bond acceptors (Lipinski definition) is 6. The van der Waals surface area contributed by atoms with Crippen LogP contribution in [0.3, 0.4) is 0 Å². The summed E-state index contributed by atoms with van der Waals surface area (Å²) in [4.78, 5) is 12.3. The van der Waals surface area contributed by atoms with Gasteiger partial charge in [0.2, 0.25) is 5.88 Å². The lowest BCUT2D eigenvalue weighted by molar-refractivity contribution is -0.136. The highest BCUT2D eigenvalue weighted by Crippen LogP contribution is 2.43. The van der Waals surface area contributed by atoms with Crippen molar-refractivity contribution in [2.24, 2.45) is 5.73 Å². The average molecular weight is 444 g/mol. The van der Waals surface area contributed by atoms with Gasteiger partial charge in [0, 0.05) is 11.6 Å². The van der Waals surface area contributed by atoms with Gasteiger partial charge in [0.05, 0.1) is 5.92 Å². The molecule has 0 radical (unpaired) electrons. The fourth-order valence-corrected chi connectivity index (χ4v) is 3.62. The molecule has 0 aromatic heterocycles. The Hall–Kier alpha value is -4.31. The summed E-state index contributed by atoms with van der Waals surface area (Å²) < 4.78 is 29.9. The zero-order chi connectivity index (χ0) is 23.4. The van der Waals surface area contributed by atoms with Crippen LogP contribution in [-0.2, 0) is 11.2 Å². The molecule has 0 saturated heterocycles. The highest BCUT2D eigenvalue weighted by atomic mass is 19.1. The molecule has 0 fully saturated rings. The molecule has 3 aromatic carbocycles. The fourth-order valence-electron chi connectivity index (χ4n) is 3.62. The van der Waals surface area contributed by atoms with Gasteiger partial charge >= 0.3 is 5.97 Å². The summed E-state index contributed by atoms with van der Waals surface area (Å²) in [5.41, 5.74) is 8.71. The van der Waals surface area contributed by atoms with Crippen LogP contribution in [0.2, 0.25) is 0 Å². The summed E-state index contributed by atoms with van der Waals surface area (Å²) in [6.45, 7) is 1.80. The predicted molar refractivity (Wildman–Crippen MR) is 119 cm³/mol. The number of hydrogen-bond donors (Lipinski definition) is 1. The number of rotatable bonds is 6. The van der Waals surface area contributed by atoms with Crippen molar-refractivity contribution < 1.29 is 23.4 Å². The molecule has 1 aliphatic rings. The summed E-state index contributed by atoms with van der Waals surface area (Å²) in [7, 11) is 0. The maximum atomic E-state index is 13.4. The van der Waals surface area contributed by atoms with E-state index >= 15 is 0 Å². The van der Waals surface area contributed by atoms with Crippen LogP contribution in [0.4, 0.5) is 4.39 Å². The number of aryl methyl sites for hydroxylation is 1. The molecule has 7 heteroatoms. The van der Waals surface area contributed by atoms with Crippen molar-refractivity contribution >= 4 is 5.97 Å². The molecule has 0 aliphatic carbocycles. The molecule has 166 valence electrons. The maximum Gasteiger partial charge on any atom is 0.349 e. The monoisotopic (exact) mass is 444 g/mol.